The Morgan fingerprint density at radius 3 is 2.53 bits per heavy atom. The van der Waals surface area contributed by atoms with E-state index >= 15 is 0 Å². The van der Waals surface area contributed by atoms with E-state index in [2.05, 4.69) is 9.43 Å². The quantitative estimate of drug-likeness (QED) is 0.464. The van der Waals surface area contributed by atoms with E-state index in [1.807, 2.05) is 0 Å². The summed E-state index contributed by atoms with van der Waals surface area (Å²) in [5, 5.41) is 0. The van der Waals surface area contributed by atoms with Gasteiger partial charge < -0.3 is 5.73 Å². The van der Waals surface area contributed by atoms with Gasteiger partial charge in [0.25, 0.3) is 10.0 Å². The Labute approximate surface area is 85.2 Å². The molecule has 0 bridgehead atoms. The third-order valence-corrected chi connectivity index (χ3v) is 2.77. The maximum absolute atomic E-state index is 11.3. The van der Waals surface area contributed by atoms with Gasteiger partial charge in [0.1, 0.15) is 0 Å². The van der Waals surface area contributed by atoms with Crippen molar-refractivity contribution < 1.29 is 13.2 Å². The van der Waals surface area contributed by atoms with Gasteiger partial charge in [-0.3, -0.25) is 4.79 Å². The van der Waals surface area contributed by atoms with E-state index in [1.165, 1.54) is 18.2 Å². The van der Waals surface area contributed by atoms with Crippen molar-refractivity contribution in [3.8, 4) is 0 Å². The molecular formula is C7H6N4O3S. The van der Waals surface area contributed by atoms with Gasteiger partial charge in [0.15, 0.2) is 0 Å². The molecule has 0 aromatic heterocycles. The van der Waals surface area contributed by atoms with Gasteiger partial charge in [0, 0.05) is 9.43 Å². The van der Waals surface area contributed by atoms with Gasteiger partial charge in [-0.1, -0.05) is 12.1 Å². The maximum atomic E-state index is 11.3. The number of hydrogen-bond donors (Lipinski definition) is 1. The number of sulfonamides is 1. The average molecular weight is 226 g/mol. The van der Waals surface area contributed by atoms with Crippen molar-refractivity contribution >= 4 is 15.9 Å². The molecule has 0 aliphatic carbocycles. The smallest absolute Gasteiger partial charge is 0.265 e. The summed E-state index contributed by atoms with van der Waals surface area (Å²) in [4.78, 5) is 12.7. The number of nitrogens with two attached hydrogens (primary N) is 1. The van der Waals surface area contributed by atoms with Crippen LogP contribution in [0, 0.1) is 0 Å². The summed E-state index contributed by atoms with van der Waals surface area (Å²) in [6.45, 7) is 0. The van der Waals surface area contributed by atoms with Gasteiger partial charge in [-0.25, -0.2) is 8.42 Å². The summed E-state index contributed by atoms with van der Waals surface area (Å²) >= 11 is 0. The topological polar surface area (TPSA) is 126 Å². The molecule has 1 amide bonds. The number of rotatable bonds is 3. The molecule has 0 spiro atoms. The Morgan fingerprint density at radius 2 is 2.00 bits per heavy atom. The van der Waals surface area contributed by atoms with E-state index in [4.69, 9.17) is 11.3 Å². The monoisotopic (exact) mass is 226 g/mol. The summed E-state index contributed by atoms with van der Waals surface area (Å²) in [5.41, 5.74) is 12.8. The van der Waals surface area contributed by atoms with Crippen LogP contribution in [0.25, 0.3) is 10.4 Å². The van der Waals surface area contributed by atoms with Crippen molar-refractivity contribution in [2.24, 2.45) is 10.3 Å². The molecule has 1 aromatic rings. The van der Waals surface area contributed by atoms with Gasteiger partial charge >= 0.3 is 0 Å². The van der Waals surface area contributed by atoms with Crippen LogP contribution in [-0.2, 0) is 10.0 Å². The zero-order chi connectivity index (χ0) is 11.5. The fourth-order valence-electron chi connectivity index (χ4n) is 0.987. The van der Waals surface area contributed by atoms with E-state index in [-0.39, 0.29) is 5.56 Å². The molecule has 0 unspecified atom stereocenters. The van der Waals surface area contributed by atoms with Crippen LogP contribution in [0.3, 0.4) is 0 Å². The number of carbonyl (C=O) groups excluding carboxylic acids is 1. The Kier molecular flexibility index (Phi) is 2.93. The predicted molar refractivity (Wildman–Crippen MR) is 51.3 cm³/mol. The number of benzene rings is 1. The highest BCUT2D eigenvalue weighted by atomic mass is 32.2. The van der Waals surface area contributed by atoms with E-state index in [0.717, 1.165) is 6.07 Å². The molecular weight excluding hydrogens is 220 g/mol. The van der Waals surface area contributed by atoms with Crippen molar-refractivity contribution in [2.75, 3.05) is 0 Å². The van der Waals surface area contributed by atoms with Crippen LogP contribution in [0.5, 0.6) is 0 Å². The largest absolute Gasteiger partial charge is 0.366 e. The third kappa shape index (κ3) is 2.25. The van der Waals surface area contributed by atoms with E-state index in [0.29, 0.717) is 0 Å². The average Bonchev–Trinajstić information content (AvgIpc) is 2.17. The second kappa shape index (κ2) is 3.99. The first-order chi connectivity index (χ1) is 6.99. The highest BCUT2D eigenvalue weighted by Gasteiger charge is 2.19. The van der Waals surface area contributed by atoms with Gasteiger partial charge in [-0.05, 0) is 17.7 Å². The molecule has 1 rings (SSSR count). The fourth-order valence-corrected chi connectivity index (χ4v) is 1.87. The number of carbonyl (C=O) groups is 1. The van der Waals surface area contributed by atoms with Crippen LogP contribution in [0.4, 0.5) is 0 Å². The van der Waals surface area contributed by atoms with Gasteiger partial charge in [0.05, 0.1) is 10.5 Å². The minimum atomic E-state index is -4.18. The molecule has 78 valence electrons. The Morgan fingerprint density at radius 1 is 1.40 bits per heavy atom. The number of amides is 1. The molecule has 0 heterocycles. The lowest BCUT2D eigenvalue weighted by atomic mass is 10.2. The highest BCUT2D eigenvalue weighted by Crippen LogP contribution is 2.17. The first-order valence-corrected chi connectivity index (χ1v) is 5.13. The molecule has 0 saturated carbocycles. The minimum absolute atomic E-state index is 0.204. The van der Waals surface area contributed by atoms with E-state index in [9.17, 15) is 13.2 Å². The summed E-state index contributed by atoms with van der Waals surface area (Å²) in [6, 6.07) is 5.23. The van der Waals surface area contributed by atoms with E-state index < -0.39 is 20.8 Å². The first-order valence-electron chi connectivity index (χ1n) is 3.69. The molecule has 15 heavy (non-hydrogen) atoms. The van der Waals surface area contributed by atoms with Crippen molar-refractivity contribution in [1.82, 2.24) is 0 Å². The molecule has 0 radical (unpaired) electrons. The Bertz CT molecular complexity index is 545. The molecule has 1 aromatic carbocycles. The van der Waals surface area contributed by atoms with Crippen molar-refractivity contribution in [2.45, 2.75) is 4.90 Å². The molecule has 0 aliphatic heterocycles. The van der Waals surface area contributed by atoms with E-state index in [1.54, 1.807) is 0 Å². The molecule has 7 nitrogen and oxygen atoms in total. The van der Waals surface area contributed by atoms with Crippen molar-refractivity contribution in [1.29, 1.82) is 0 Å². The van der Waals surface area contributed by atoms with Crippen LogP contribution < -0.4 is 5.73 Å². The van der Waals surface area contributed by atoms with Crippen LogP contribution in [-0.4, -0.2) is 14.3 Å². The van der Waals surface area contributed by atoms with Gasteiger partial charge in [-0.15, -0.1) is 0 Å². The van der Waals surface area contributed by atoms with Gasteiger partial charge in [0.2, 0.25) is 5.91 Å². The van der Waals surface area contributed by atoms with Crippen molar-refractivity contribution in [3.63, 3.8) is 0 Å². The molecule has 0 aliphatic rings. The third-order valence-electron chi connectivity index (χ3n) is 1.57. The first kappa shape index (κ1) is 11.0. The summed E-state index contributed by atoms with van der Waals surface area (Å²) in [6.07, 6.45) is 0. The zero-order valence-electron chi connectivity index (χ0n) is 7.36. The lowest BCUT2D eigenvalue weighted by molar-refractivity contribution is 0.0997. The number of primary amides is 1. The Balaban J connectivity index is 3.51. The molecule has 2 N–H and O–H groups in total. The SMILES string of the molecule is [N-]=[N+]=NS(=O)(=O)c1ccccc1C(N)=O. The van der Waals surface area contributed by atoms with Crippen molar-refractivity contribution in [3.05, 3.63) is 40.3 Å². The summed E-state index contributed by atoms with van der Waals surface area (Å²) in [5.74, 6) is -0.901. The standard InChI is InChI=1S/C7H6N4O3S/c8-7(12)5-3-1-2-4-6(5)15(13,14)11-10-9/h1-4H,(H2,8,12). The predicted octanol–water partition coefficient (Wildman–Crippen LogP) is 0.785. The van der Waals surface area contributed by atoms with Crippen LogP contribution in [0.1, 0.15) is 10.4 Å². The van der Waals surface area contributed by atoms with Crippen LogP contribution >= 0.6 is 0 Å². The Hall–Kier alpha value is -2.05. The lowest BCUT2D eigenvalue weighted by Crippen LogP contribution is -2.15. The maximum Gasteiger partial charge on any atom is 0.265 e. The number of nitrogens with zero attached hydrogens (tertiary/aromatic N) is 3. The molecule has 0 fully saturated rings. The molecule has 8 heteroatoms. The number of azide groups is 1. The number of hydrogen-bond acceptors (Lipinski definition) is 3. The summed E-state index contributed by atoms with van der Waals surface area (Å²) < 4.78 is 25.3. The lowest BCUT2D eigenvalue weighted by Gasteiger charge is -2.02. The highest BCUT2D eigenvalue weighted by molar-refractivity contribution is 7.90. The molecule has 0 atom stereocenters. The second-order valence-electron chi connectivity index (χ2n) is 2.51. The normalized spacial score (nSPS) is 10.4. The molecule has 0 saturated heterocycles. The summed E-state index contributed by atoms with van der Waals surface area (Å²) in [7, 11) is -4.18. The minimum Gasteiger partial charge on any atom is -0.366 e. The second-order valence-corrected chi connectivity index (χ2v) is 4.06. The zero-order valence-corrected chi connectivity index (χ0v) is 8.18. The van der Waals surface area contributed by atoms with Crippen LogP contribution in [0.2, 0.25) is 0 Å². The van der Waals surface area contributed by atoms with Crippen LogP contribution in [0.15, 0.2) is 33.7 Å². The fraction of sp³-hybridized carbons (Fsp3) is 0. The van der Waals surface area contributed by atoms with Gasteiger partial charge in [-0.2, -0.15) is 0 Å².